The van der Waals surface area contributed by atoms with Gasteiger partial charge in [-0.2, -0.15) is 0 Å². The maximum Gasteiger partial charge on any atom is 0.151 e. The minimum Gasteiger partial charge on any atom is -0.327 e. The highest BCUT2D eigenvalue weighted by Gasteiger charge is 2.28. The predicted molar refractivity (Wildman–Crippen MR) is 57.7 cm³/mol. The lowest BCUT2D eigenvalue weighted by atomic mass is 10.1. The van der Waals surface area contributed by atoms with Crippen LogP contribution in [0.3, 0.4) is 0 Å². The Hall–Kier alpha value is -0.420. The number of hydrogen-bond donors (Lipinski definition) is 1. The molecule has 1 saturated carbocycles. The zero-order valence-electron chi connectivity index (χ0n) is 8.28. The molecule has 2 N–H and O–H groups in total. The molecule has 0 aliphatic heterocycles. The molecule has 5 heteroatoms. The van der Waals surface area contributed by atoms with Gasteiger partial charge in [-0.1, -0.05) is 5.21 Å². The molecular formula is C9H15BrN4. The summed E-state index contributed by atoms with van der Waals surface area (Å²) in [6.45, 7) is 0. The van der Waals surface area contributed by atoms with Crippen LogP contribution in [0.5, 0.6) is 0 Å². The largest absolute Gasteiger partial charge is 0.327 e. The third-order valence-electron chi connectivity index (χ3n) is 2.84. The van der Waals surface area contributed by atoms with E-state index >= 15 is 0 Å². The van der Waals surface area contributed by atoms with Crippen molar-refractivity contribution in [1.82, 2.24) is 15.0 Å². The summed E-state index contributed by atoms with van der Waals surface area (Å²) < 4.78 is 2.66. The molecule has 14 heavy (non-hydrogen) atoms. The van der Waals surface area contributed by atoms with Crippen LogP contribution in [0.2, 0.25) is 0 Å². The maximum atomic E-state index is 6.03. The van der Waals surface area contributed by atoms with Crippen LogP contribution >= 0.6 is 15.9 Å². The highest BCUT2D eigenvalue weighted by molar-refractivity contribution is 9.10. The molecule has 78 valence electrons. The van der Waals surface area contributed by atoms with Crippen LogP contribution in [0.15, 0.2) is 4.60 Å². The van der Waals surface area contributed by atoms with Crippen LogP contribution in [-0.2, 0) is 13.5 Å². The first-order chi connectivity index (χ1) is 6.68. The molecule has 0 aromatic carbocycles. The molecule has 1 aliphatic carbocycles. The van der Waals surface area contributed by atoms with Gasteiger partial charge in [-0.05, 0) is 47.5 Å². The second kappa shape index (κ2) is 3.98. The van der Waals surface area contributed by atoms with Gasteiger partial charge in [-0.25, -0.2) is 0 Å². The molecule has 4 nitrogen and oxygen atoms in total. The highest BCUT2D eigenvalue weighted by Crippen LogP contribution is 2.33. The fourth-order valence-corrected chi connectivity index (χ4v) is 2.21. The molecule has 0 radical (unpaired) electrons. The number of aryl methyl sites for hydroxylation is 1. The fraction of sp³-hybridized carbons (Fsp3) is 0.778. The molecular weight excluding hydrogens is 244 g/mol. The molecule has 0 saturated heterocycles. The molecule has 1 heterocycles. The lowest BCUT2D eigenvalue weighted by Crippen LogP contribution is -2.23. The first-order valence-electron chi connectivity index (χ1n) is 4.98. The van der Waals surface area contributed by atoms with E-state index in [0.29, 0.717) is 6.04 Å². The molecule has 1 aromatic heterocycles. The van der Waals surface area contributed by atoms with Gasteiger partial charge in [0.2, 0.25) is 0 Å². The van der Waals surface area contributed by atoms with Crippen molar-refractivity contribution in [3.63, 3.8) is 0 Å². The summed E-state index contributed by atoms with van der Waals surface area (Å²) in [5, 5.41) is 7.88. The maximum absolute atomic E-state index is 6.03. The number of rotatable bonds is 4. The summed E-state index contributed by atoms with van der Waals surface area (Å²) in [5.41, 5.74) is 7.17. The zero-order chi connectivity index (χ0) is 10.1. The van der Waals surface area contributed by atoms with Gasteiger partial charge in [0, 0.05) is 13.1 Å². The number of hydrogen-bond acceptors (Lipinski definition) is 3. The third-order valence-corrected chi connectivity index (χ3v) is 3.45. The monoisotopic (exact) mass is 258 g/mol. The summed E-state index contributed by atoms with van der Waals surface area (Å²) in [5.74, 6) is 0.773. The van der Waals surface area contributed by atoms with Gasteiger partial charge < -0.3 is 5.73 Å². The Morgan fingerprint density at radius 1 is 1.64 bits per heavy atom. The van der Waals surface area contributed by atoms with E-state index in [4.69, 9.17) is 5.73 Å². The van der Waals surface area contributed by atoms with Crippen molar-refractivity contribution in [2.24, 2.45) is 18.7 Å². The van der Waals surface area contributed by atoms with Crippen LogP contribution < -0.4 is 5.73 Å². The van der Waals surface area contributed by atoms with Crippen molar-refractivity contribution in [2.45, 2.75) is 31.7 Å². The number of nitrogens with two attached hydrogens (primary N) is 1. The average Bonchev–Trinajstić information content (AvgIpc) is 2.93. The molecule has 1 fully saturated rings. The van der Waals surface area contributed by atoms with Crippen molar-refractivity contribution >= 4 is 15.9 Å². The van der Waals surface area contributed by atoms with Gasteiger partial charge in [0.25, 0.3) is 0 Å². The molecule has 1 aliphatic rings. The van der Waals surface area contributed by atoms with Crippen molar-refractivity contribution in [3.05, 3.63) is 10.3 Å². The van der Waals surface area contributed by atoms with E-state index in [9.17, 15) is 0 Å². The van der Waals surface area contributed by atoms with E-state index in [-0.39, 0.29) is 0 Å². The van der Waals surface area contributed by atoms with Crippen LogP contribution in [0.25, 0.3) is 0 Å². The summed E-state index contributed by atoms with van der Waals surface area (Å²) in [7, 11) is 1.91. The van der Waals surface area contributed by atoms with Crippen molar-refractivity contribution in [2.75, 3.05) is 0 Å². The van der Waals surface area contributed by atoms with E-state index in [0.717, 1.165) is 29.1 Å². The van der Waals surface area contributed by atoms with Crippen LogP contribution in [-0.4, -0.2) is 21.0 Å². The van der Waals surface area contributed by atoms with E-state index in [1.165, 1.54) is 12.8 Å². The molecule has 1 aromatic rings. The molecule has 1 atom stereocenters. The normalized spacial score (nSPS) is 18.5. The van der Waals surface area contributed by atoms with E-state index in [2.05, 4.69) is 26.2 Å². The Morgan fingerprint density at radius 2 is 2.36 bits per heavy atom. The molecule has 0 bridgehead atoms. The standard InChI is InChI=1S/C9H15BrN4/c1-14-8(9(10)12-13-14)5-4-7(11)6-2-3-6/h6-7H,2-5,11H2,1H3. The summed E-state index contributed by atoms with van der Waals surface area (Å²) in [6.07, 6.45) is 4.62. The van der Waals surface area contributed by atoms with E-state index < -0.39 is 0 Å². The minimum atomic E-state index is 0.358. The van der Waals surface area contributed by atoms with E-state index in [1.54, 1.807) is 0 Å². The molecule has 1 unspecified atom stereocenters. The summed E-state index contributed by atoms with van der Waals surface area (Å²) in [4.78, 5) is 0. The van der Waals surface area contributed by atoms with Gasteiger partial charge >= 0.3 is 0 Å². The predicted octanol–water partition coefficient (Wildman–Crippen LogP) is 1.25. The Morgan fingerprint density at radius 3 is 2.86 bits per heavy atom. The van der Waals surface area contributed by atoms with Gasteiger partial charge in [-0.3, -0.25) is 4.68 Å². The Labute approximate surface area is 92.0 Å². The minimum absolute atomic E-state index is 0.358. The first kappa shape index (κ1) is 10.1. The second-order valence-electron chi connectivity index (χ2n) is 3.99. The molecule has 0 amide bonds. The number of halogens is 1. The zero-order valence-corrected chi connectivity index (χ0v) is 9.87. The van der Waals surface area contributed by atoms with Crippen molar-refractivity contribution in [1.29, 1.82) is 0 Å². The second-order valence-corrected chi connectivity index (χ2v) is 4.74. The van der Waals surface area contributed by atoms with Gasteiger partial charge in [0.1, 0.15) is 0 Å². The Kier molecular flexibility index (Phi) is 2.88. The van der Waals surface area contributed by atoms with Gasteiger partial charge in [0.15, 0.2) is 4.60 Å². The molecule has 0 spiro atoms. The third kappa shape index (κ3) is 2.15. The smallest absolute Gasteiger partial charge is 0.151 e. The summed E-state index contributed by atoms with van der Waals surface area (Å²) in [6, 6.07) is 0.358. The first-order valence-corrected chi connectivity index (χ1v) is 5.77. The Bertz CT molecular complexity index is 299. The summed E-state index contributed by atoms with van der Waals surface area (Å²) >= 11 is 3.38. The van der Waals surface area contributed by atoms with Crippen LogP contribution in [0.1, 0.15) is 25.0 Å². The lowest BCUT2D eigenvalue weighted by molar-refractivity contribution is 0.535. The van der Waals surface area contributed by atoms with Crippen molar-refractivity contribution in [3.8, 4) is 0 Å². The fourth-order valence-electron chi connectivity index (χ4n) is 1.68. The van der Waals surface area contributed by atoms with Gasteiger partial charge in [0.05, 0.1) is 5.69 Å². The number of nitrogens with zero attached hydrogens (tertiary/aromatic N) is 3. The highest BCUT2D eigenvalue weighted by atomic mass is 79.9. The van der Waals surface area contributed by atoms with Crippen LogP contribution in [0.4, 0.5) is 0 Å². The van der Waals surface area contributed by atoms with Gasteiger partial charge in [-0.15, -0.1) is 5.10 Å². The lowest BCUT2D eigenvalue weighted by Gasteiger charge is -2.09. The van der Waals surface area contributed by atoms with Crippen molar-refractivity contribution < 1.29 is 0 Å². The number of aromatic nitrogens is 3. The molecule has 2 rings (SSSR count). The SMILES string of the molecule is Cn1nnc(Br)c1CCC(N)C1CC1. The van der Waals surface area contributed by atoms with Crippen LogP contribution in [0, 0.1) is 5.92 Å². The van der Waals surface area contributed by atoms with E-state index in [1.807, 2.05) is 11.7 Å². The average molecular weight is 259 g/mol. The Balaban J connectivity index is 1.90. The topological polar surface area (TPSA) is 56.7 Å². The quantitative estimate of drug-likeness (QED) is 0.885.